The summed E-state index contributed by atoms with van der Waals surface area (Å²) in [4.78, 5) is 0. The average Bonchev–Trinajstić information content (AvgIpc) is 2.51. The molecule has 4 rings (SSSR count). The monoisotopic (exact) mass is 334 g/mol. The maximum atomic E-state index is 8.49. The molecule has 1 aliphatic rings. The number of halogens is 1. The normalized spacial score (nSPS) is 14.3. The molecular weight excluding hydrogens is 320 g/mol. The molecular formula is C17H15ClO5. The van der Waals surface area contributed by atoms with Crippen molar-refractivity contribution in [1.82, 2.24) is 0 Å². The maximum Gasteiger partial charge on any atom is 0.367 e. The van der Waals surface area contributed by atoms with E-state index < -0.39 is 10.2 Å². The van der Waals surface area contributed by atoms with Crippen molar-refractivity contribution < 1.29 is 33.3 Å². The van der Waals surface area contributed by atoms with Gasteiger partial charge in [0.25, 0.3) is 0 Å². The molecule has 0 aliphatic heterocycles. The lowest BCUT2D eigenvalue weighted by atomic mass is 9.95. The van der Waals surface area contributed by atoms with Gasteiger partial charge in [0.2, 0.25) is 0 Å². The summed E-state index contributed by atoms with van der Waals surface area (Å²) in [5.41, 5.74) is 2.46. The van der Waals surface area contributed by atoms with Crippen LogP contribution in [0.25, 0.3) is 21.7 Å². The number of hydrogen-bond donors (Lipinski definition) is 0. The topological polar surface area (TPSA) is 104 Å². The first-order valence-corrected chi connectivity index (χ1v) is 8.53. The van der Waals surface area contributed by atoms with Crippen LogP contribution in [-0.2, 0) is 12.8 Å². The van der Waals surface area contributed by atoms with Crippen molar-refractivity contribution in [2.75, 3.05) is 0 Å². The van der Waals surface area contributed by atoms with E-state index in [-0.39, 0.29) is 0 Å². The molecule has 0 saturated carbocycles. The molecule has 0 atom stereocenters. The van der Waals surface area contributed by atoms with Gasteiger partial charge in [-0.2, -0.15) is 0 Å². The van der Waals surface area contributed by atoms with Gasteiger partial charge in [0, 0.05) is 0 Å². The fourth-order valence-corrected chi connectivity index (χ4v) is 2.97. The minimum atomic E-state index is -4.94. The second-order valence-electron chi connectivity index (χ2n) is 5.48. The lowest BCUT2D eigenvalue weighted by Gasteiger charge is -2.17. The van der Waals surface area contributed by atoms with Gasteiger partial charge < -0.3 is 0 Å². The Balaban J connectivity index is 0.000000276. The van der Waals surface area contributed by atoms with Gasteiger partial charge in [0.1, 0.15) is 0 Å². The maximum absolute atomic E-state index is 8.49. The highest BCUT2D eigenvalue weighted by Crippen LogP contribution is 2.31. The van der Waals surface area contributed by atoms with Crippen molar-refractivity contribution in [3.63, 3.8) is 0 Å². The molecule has 120 valence electrons. The lowest BCUT2D eigenvalue weighted by molar-refractivity contribution is -2.00. The van der Waals surface area contributed by atoms with Crippen LogP contribution in [0.15, 0.2) is 46.9 Å². The van der Waals surface area contributed by atoms with Crippen molar-refractivity contribution in [1.29, 1.82) is 0 Å². The van der Waals surface area contributed by atoms with Gasteiger partial charge in [-0.15, -0.1) is 10.2 Å². The second kappa shape index (κ2) is 6.39. The van der Waals surface area contributed by atoms with Gasteiger partial charge in [0.05, 0.1) is 22.8 Å². The van der Waals surface area contributed by atoms with Crippen LogP contribution in [-0.4, -0.2) is 0 Å². The summed E-state index contributed by atoms with van der Waals surface area (Å²) in [5.74, 6) is 1.20. The van der Waals surface area contributed by atoms with Crippen LogP contribution >= 0.6 is 0 Å². The van der Waals surface area contributed by atoms with Crippen LogP contribution in [0.4, 0.5) is 0 Å². The van der Waals surface area contributed by atoms with Crippen LogP contribution in [0, 0.1) is 10.2 Å². The van der Waals surface area contributed by atoms with E-state index in [1.54, 1.807) is 0 Å². The number of rotatable bonds is 0. The Morgan fingerprint density at radius 1 is 0.826 bits per heavy atom. The fourth-order valence-electron chi connectivity index (χ4n) is 2.97. The molecule has 0 radical (unpaired) electrons. The van der Waals surface area contributed by atoms with Gasteiger partial charge in [0.15, 0.2) is 0 Å². The highest BCUT2D eigenvalue weighted by molar-refractivity contribution is 6.04. The minimum absolute atomic E-state index is 1.05. The SMILES string of the molecule is [O-][Cl+3]([O-])([O-])[O-].c1ccc2c(c1)ccc1cc3c([o+]c12)CCCC3. The van der Waals surface area contributed by atoms with Gasteiger partial charge in [-0.05, 0) is 42.8 Å². The van der Waals surface area contributed by atoms with Gasteiger partial charge in [-0.3, -0.25) is 0 Å². The highest BCUT2D eigenvalue weighted by atomic mass is 35.7. The molecule has 1 heterocycles. The zero-order valence-electron chi connectivity index (χ0n) is 12.3. The molecule has 2 aromatic carbocycles. The number of aryl methyl sites for hydroxylation is 2. The Morgan fingerprint density at radius 2 is 1.48 bits per heavy atom. The highest BCUT2D eigenvalue weighted by Gasteiger charge is 2.23. The van der Waals surface area contributed by atoms with Crippen LogP contribution in [0.5, 0.6) is 0 Å². The Labute approximate surface area is 135 Å². The first-order valence-electron chi connectivity index (χ1n) is 7.30. The summed E-state index contributed by atoms with van der Waals surface area (Å²) in [7, 11) is -4.94. The van der Waals surface area contributed by atoms with E-state index in [1.807, 2.05) is 0 Å². The van der Waals surface area contributed by atoms with E-state index >= 15 is 0 Å². The minimum Gasteiger partial charge on any atom is -0.222 e. The van der Waals surface area contributed by atoms with E-state index in [9.17, 15) is 0 Å². The molecule has 1 aliphatic carbocycles. The molecule has 0 spiro atoms. The zero-order valence-corrected chi connectivity index (χ0v) is 13.0. The number of fused-ring (bicyclic) bond motifs is 4. The van der Waals surface area contributed by atoms with Crippen molar-refractivity contribution in [2.45, 2.75) is 25.7 Å². The van der Waals surface area contributed by atoms with Crippen LogP contribution in [0.1, 0.15) is 24.2 Å². The van der Waals surface area contributed by atoms with Crippen LogP contribution in [0.2, 0.25) is 0 Å². The molecule has 0 fully saturated rings. The number of hydrogen-bond acceptors (Lipinski definition) is 4. The third-order valence-electron chi connectivity index (χ3n) is 3.92. The van der Waals surface area contributed by atoms with Crippen molar-refractivity contribution in [3.8, 4) is 0 Å². The van der Waals surface area contributed by atoms with E-state index in [2.05, 4.69) is 42.5 Å². The standard InChI is InChI=1S/C17H15O.ClHO4/c1-3-7-15-12(5-1)9-10-14-11-13-6-2-4-8-16(13)18-17(14)15;2-1(3,4)5/h1,3,5,7,9-11H,2,4,6,8H2;(H,2,3,4,5)/q+1;/p-1. The van der Waals surface area contributed by atoms with E-state index in [0.717, 1.165) is 12.0 Å². The molecule has 0 saturated heterocycles. The fraction of sp³-hybridized carbons (Fsp3) is 0.235. The zero-order chi connectivity index (χ0) is 16.4. The molecule has 23 heavy (non-hydrogen) atoms. The summed E-state index contributed by atoms with van der Waals surface area (Å²) in [5, 5.41) is 3.71. The predicted molar refractivity (Wildman–Crippen MR) is 74.8 cm³/mol. The summed E-state index contributed by atoms with van der Waals surface area (Å²) in [6.45, 7) is 0. The Hall–Kier alpha value is -1.76. The van der Waals surface area contributed by atoms with Crippen LogP contribution in [0.3, 0.4) is 0 Å². The summed E-state index contributed by atoms with van der Waals surface area (Å²) in [6.07, 6.45) is 4.81. The van der Waals surface area contributed by atoms with Gasteiger partial charge in [-0.1, -0.05) is 24.3 Å². The molecule has 0 bridgehead atoms. The first kappa shape index (κ1) is 16.1. The van der Waals surface area contributed by atoms with Gasteiger partial charge >= 0.3 is 11.3 Å². The molecule has 6 heteroatoms. The van der Waals surface area contributed by atoms with E-state index in [4.69, 9.17) is 23.1 Å². The Bertz CT molecular complexity index is 835. The quantitative estimate of drug-likeness (QED) is 0.425. The summed E-state index contributed by atoms with van der Waals surface area (Å²) in [6, 6.07) is 15.1. The molecule has 0 amide bonds. The molecule has 0 unspecified atom stereocenters. The molecule has 0 N–H and O–H groups in total. The van der Waals surface area contributed by atoms with Crippen molar-refractivity contribution >= 4 is 21.7 Å². The number of benzene rings is 2. The van der Waals surface area contributed by atoms with Crippen LogP contribution < -0.4 is 18.6 Å². The Morgan fingerprint density at radius 3 is 2.26 bits per heavy atom. The van der Waals surface area contributed by atoms with Crippen molar-refractivity contribution in [2.24, 2.45) is 0 Å². The largest absolute Gasteiger partial charge is 0.367 e. The van der Waals surface area contributed by atoms with E-state index in [1.165, 1.54) is 46.7 Å². The molecule has 5 nitrogen and oxygen atoms in total. The van der Waals surface area contributed by atoms with Crippen molar-refractivity contribution in [3.05, 3.63) is 53.8 Å². The first-order chi connectivity index (χ1) is 10.9. The average molecular weight is 335 g/mol. The Kier molecular flexibility index (Phi) is 4.48. The lowest BCUT2D eigenvalue weighted by Crippen LogP contribution is -2.68. The second-order valence-corrected chi connectivity index (χ2v) is 6.24. The third-order valence-corrected chi connectivity index (χ3v) is 3.92. The van der Waals surface area contributed by atoms with Gasteiger partial charge in [-0.25, -0.2) is 23.1 Å². The summed E-state index contributed by atoms with van der Waals surface area (Å²) < 4.78 is 40.2. The predicted octanol–water partition coefficient (Wildman–Crippen LogP) is -0.0101. The summed E-state index contributed by atoms with van der Waals surface area (Å²) >= 11 is 0. The smallest absolute Gasteiger partial charge is 0.222 e. The third kappa shape index (κ3) is 3.96. The molecule has 3 aromatic rings. The molecule has 1 aromatic heterocycles. The van der Waals surface area contributed by atoms with E-state index in [0.29, 0.717) is 0 Å².